The molecule has 2 aromatic carbocycles. The molecule has 2 aromatic rings. The average molecular weight is 288 g/mol. The number of hydrogen-bond donors (Lipinski definition) is 0. The van der Waals surface area contributed by atoms with Gasteiger partial charge in [-0.1, -0.05) is 48.0 Å². The smallest absolute Gasteiger partial charge is 0.0408 e. The Kier molecular flexibility index (Phi) is 5.22. The fraction of sp³-hybridized carbons (Fsp3) is 0.333. The Morgan fingerprint density at radius 3 is 2.40 bits per heavy atom. The predicted molar refractivity (Wildman–Crippen MR) is 87.7 cm³/mol. The number of benzene rings is 2. The van der Waals surface area contributed by atoms with E-state index in [9.17, 15) is 0 Å². The Hall–Kier alpha value is -1.31. The zero-order valence-electron chi connectivity index (χ0n) is 12.4. The van der Waals surface area contributed by atoms with Crippen molar-refractivity contribution in [1.82, 2.24) is 4.90 Å². The summed E-state index contributed by atoms with van der Waals surface area (Å²) in [5.41, 5.74) is 4.31. The second kappa shape index (κ2) is 6.92. The summed E-state index contributed by atoms with van der Waals surface area (Å²) in [7, 11) is 6.00. The summed E-state index contributed by atoms with van der Waals surface area (Å²) >= 11 is 6.05. The number of aryl methyl sites for hydroxylation is 1. The molecule has 0 aromatic heterocycles. The summed E-state index contributed by atoms with van der Waals surface area (Å²) < 4.78 is 0. The van der Waals surface area contributed by atoms with Crippen molar-refractivity contribution in [1.29, 1.82) is 0 Å². The molecule has 20 heavy (non-hydrogen) atoms. The van der Waals surface area contributed by atoms with E-state index in [1.807, 2.05) is 38.2 Å². The number of rotatable bonds is 1. The van der Waals surface area contributed by atoms with Crippen LogP contribution in [0.3, 0.4) is 0 Å². The monoisotopic (exact) mass is 287 g/mol. The lowest BCUT2D eigenvalue weighted by molar-refractivity contribution is 0.505. The maximum atomic E-state index is 6.05. The van der Waals surface area contributed by atoms with Gasteiger partial charge in [-0.2, -0.15) is 0 Å². The molecule has 2 heteroatoms. The molecule has 1 atom stereocenters. The van der Waals surface area contributed by atoms with Crippen molar-refractivity contribution in [3.63, 3.8) is 0 Å². The number of fused-ring (bicyclic) bond motifs is 1. The van der Waals surface area contributed by atoms with E-state index in [-0.39, 0.29) is 0 Å². The van der Waals surface area contributed by atoms with Gasteiger partial charge in [0, 0.05) is 10.9 Å². The highest BCUT2D eigenvalue weighted by Crippen LogP contribution is 2.38. The summed E-state index contributed by atoms with van der Waals surface area (Å²) in [5, 5.41) is 0.835. The van der Waals surface area contributed by atoms with Crippen molar-refractivity contribution < 1.29 is 0 Å². The van der Waals surface area contributed by atoms with Gasteiger partial charge in [0.25, 0.3) is 0 Å². The lowest BCUT2D eigenvalue weighted by atomic mass is 9.93. The summed E-state index contributed by atoms with van der Waals surface area (Å²) in [6.45, 7) is 0. The molecule has 0 saturated carbocycles. The Balaban J connectivity index is 0.000000328. The molecule has 1 aliphatic carbocycles. The molecule has 0 saturated heterocycles. The van der Waals surface area contributed by atoms with Gasteiger partial charge in [0.05, 0.1) is 0 Å². The van der Waals surface area contributed by atoms with Crippen LogP contribution >= 0.6 is 11.6 Å². The van der Waals surface area contributed by atoms with E-state index in [1.165, 1.54) is 29.5 Å². The third-order valence-corrected chi connectivity index (χ3v) is 3.62. The number of halogens is 1. The highest BCUT2D eigenvalue weighted by molar-refractivity contribution is 6.30. The second-order valence-corrected chi connectivity index (χ2v) is 6.12. The quantitative estimate of drug-likeness (QED) is 0.741. The van der Waals surface area contributed by atoms with Gasteiger partial charge in [0.2, 0.25) is 0 Å². The normalized spacial score (nSPS) is 16.6. The van der Waals surface area contributed by atoms with Gasteiger partial charge in [-0.3, -0.25) is 0 Å². The molecule has 1 unspecified atom stereocenters. The van der Waals surface area contributed by atoms with Crippen molar-refractivity contribution in [2.24, 2.45) is 0 Å². The highest BCUT2D eigenvalue weighted by Gasteiger charge is 2.23. The third-order valence-electron chi connectivity index (χ3n) is 3.38. The first-order chi connectivity index (χ1) is 9.58. The first-order valence-electron chi connectivity index (χ1n) is 7.02. The standard InChI is InChI=1S/C15H13Cl.C3H9N/c16-13-6-3-5-12(10-13)15-9-8-11-4-1-2-7-14(11)15;1-4(2)3/h1-7,10,15H,8-9H2;1-3H3. The Morgan fingerprint density at radius 2 is 1.70 bits per heavy atom. The number of nitrogens with zero attached hydrogens (tertiary/aromatic N) is 1. The Morgan fingerprint density at radius 1 is 1.00 bits per heavy atom. The summed E-state index contributed by atoms with van der Waals surface area (Å²) in [5.74, 6) is 0.537. The van der Waals surface area contributed by atoms with E-state index in [4.69, 9.17) is 11.6 Å². The molecule has 106 valence electrons. The minimum atomic E-state index is 0.537. The van der Waals surface area contributed by atoms with Crippen LogP contribution in [-0.4, -0.2) is 26.0 Å². The van der Waals surface area contributed by atoms with Crippen molar-refractivity contribution >= 4 is 11.6 Å². The molecule has 0 bridgehead atoms. The van der Waals surface area contributed by atoms with E-state index >= 15 is 0 Å². The summed E-state index contributed by atoms with van der Waals surface area (Å²) in [6, 6.07) is 17.0. The fourth-order valence-corrected chi connectivity index (χ4v) is 2.83. The summed E-state index contributed by atoms with van der Waals surface area (Å²) in [6.07, 6.45) is 2.40. The molecule has 0 heterocycles. The first kappa shape index (κ1) is 15.1. The van der Waals surface area contributed by atoms with E-state index in [2.05, 4.69) is 36.4 Å². The molecule has 0 aliphatic heterocycles. The van der Waals surface area contributed by atoms with Crippen molar-refractivity contribution in [3.05, 3.63) is 70.2 Å². The van der Waals surface area contributed by atoms with Gasteiger partial charge in [0.1, 0.15) is 0 Å². The Bertz CT molecular complexity index is 560. The lowest BCUT2D eigenvalue weighted by Gasteiger charge is -2.12. The van der Waals surface area contributed by atoms with Crippen molar-refractivity contribution in [3.8, 4) is 0 Å². The fourth-order valence-electron chi connectivity index (χ4n) is 2.63. The molecule has 0 radical (unpaired) electrons. The van der Waals surface area contributed by atoms with Crippen LogP contribution < -0.4 is 0 Å². The van der Waals surface area contributed by atoms with Gasteiger partial charge in [-0.05, 0) is 62.8 Å². The zero-order chi connectivity index (χ0) is 14.5. The van der Waals surface area contributed by atoms with E-state index in [0.717, 1.165) is 5.02 Å². The molecular weight excluding hydrogens is 266 g/mol. The minimum Gasteiger partial charge on any atom is -0.312 e. The van der Waals surface area contributed by atoms with E-state index in [1.54, 1.807) is 0 Å². The summed E-state index contributed by atoms with van der Waals surface area (Å²) in [4.78, 5) is 2.00. The van der Waals surface area contributed by atoms with Crippen LogP contribution in [0.4, 0.5) is 0 Å². The molecule has 1 aliphatic rings. The average Bonchev–Trinajstić information content (AvgIpc) is 2.82. The maximum Gasteiger partial charge on any atom is 0.0408 e. The molecular formula is C18H22ClN. The molecule has 0 spiro atoms. The van der Waals surface area contributed by atoms with Crippen LogP contribution in [0.1, 0.15) is 29.0 Å². The van der Waals surface area contributed by atoms with E-state index < -0.39 is 0 Å². The molecule has 1 nitrogen and oxygen atoms in total. The zero-order valence-corrected chi connectivity index (χ0v) is 13.2. The highest BCUT2D eigenvalue weighted by atomic mass is 35.5. The predicted octanol–water partition coefficient (Wildman–Crippen LogP) is 4.60. The van der Waals surface area contributed by atoms with Crippen LogP contribution in [0, 0.1) is 0 Å². The van der Waals surface area contributed by atoms with Crippen LogP contribution in [0.2, 0.25) is 5.02 Å². The van der Waals surface area contributed by atoms with Crippen molar-refractivity contribution in [2.75, 3.05) is 21.1 Å². The van der Waals surface area contributed by atoms with Gasteiger partial charge < -0.3 is 4.90 Å². The third kappa shape index (κ3) is 3.84. The van der Waals surface area contributed by atoms with E-state index in [0.29, 0.717) is 5.92 Å². The maximum absolute atomic E-state index is 6.05. The van der Waals surface area contributed by atoms with Crippen molar-refractivity contribution in [2.45, 2.75) is 18.8 Å². The minimum absolute atomic E-state index is 0.537. The largest absolute Gasteiger partial charge is 0.312 e. The van der Waals surface area contributed by atoms with Gasteiger partial charge >= 0.3 is 0 Å². The molecule has 3 rings (SSSR count). The topological polar surface area (TPSA) is 3.24 Å². The first-order valence-corrected chi connectivity index (χ1v) is 7.40. The molecule has 0 amide bonds. The second-order valence-electron chi connectivity index (χ2n) is 5.69. The van der Waals surface area contributed by atoms with Gasteiger partial charge in [-0.15, -0.1) is 0 Å². The molecule has 0 fully saturated rings. The molecule has 0 N–H and O–H groups in total. The Labute approximate surface area is 127 Å². The lowest BCUT2D eigenvalue weighted by Crippen LogP contribution is -1.99. The van der Waals surface area contributed by atoms with Gasteiger partial charge in [0.15, 0.2) is 0 Å². The van der Waals surface area contributed by atoms with Crippen LogP contribution in [-0.2, 0) is 6.42 Å². The van der Waals surface area contributed by atoms with Gasteiger partial charge in [-0.25, -0.2) is 0 Å². The van der Waals surface area contributed by atoms with Crippen LogP contribution in [0.25, 0.3) is 0 Å². The SMILES string of the molecule is CN(C)C.Clc1cccc(C2CCc3ccccc32)c1. The van der Waals surface area contributed by atoms with Crippen LogP contribution in [0.5, 0.6) is 0 Å². The van der Waals surface area contributed by atoms with Crippen LogP contribution in [0.15, 0.2) is 48.5 Å². The number of hydrogen-bond acceptors (Lipinski definition) is 1.